The Hall–Kier alpha value is -4.15. The van der Waals surface area contributed by atoms with Gasteiger partial charge in [-0.2, -0.15) is 5.26 Å². The van der Waals surface area contributed by atoms with Crippen molar-refractivity contribution in [1.82, 2.24) is 0 Å². The number of benzene rings is 2. The number of amides is 1. The molecule has 0 saturated carbocycles. The van der Waals surface area contributed by atoms with Crippen molar-refractivity contribution in [2.75, 3.05) is 11.9 Å². The normalized spacial score (nSPS) is 11.1. The maximum atomic E-state index is 12.5. The van der Waals surface area contributed by atoms with Gasteiger partial charge in [-0.3, -0.25) is 10.1 Å². The largest absolute Gasteiger partial charge is 0.438 e. The Morgan fingerprint density at radius 2 is 1.75 bits per heavy atom. The molecular weight excluding hydrogens is 422 g/mol. The van der Waals surface area contributed by atoms with E-state index in [0.29, 0.717) is 17.0 Å². The summed E-state index contributed by atoms with van der Waals surface area (Å²) in [5.74, 6) is 0.117. The molecule has 2 aromatic carbocycles. The molecule has 1 N–H and O–H groups in total. The van der Waals surface area contributed by atoms with Crippen LogP contribution >= 0.6 is 11.3 Å². The Labute approximate surface area is 189 Å². The third kappa shape index (κ3) is 4.61. The van der Waals surface area contributed by atoms with E-state index in [9.17, 15) is 10.1 Å². The Balaban J connectivity index is 1.60. The van der Waals surface area contributed by atoms with Crippen LogP contribution in [0.25, 0.3) is 22.5 Å². The van der Waals surface area contributed by atoms with E-state index in [1.54, 1.807) is 0 Å². The Kier molecular flexibility index (Phi) is 6.44. The van der Waals surface area contributed by atoms with E-state index >= 15 is 0 Å². The molecule has 0 bridgehead atoms. The zero-order valence-electron chi connectivity index (χ0n) is 17.2. The molecule has 0 atom stereocenters. The van der Waals surface area contributed by atoms with Gasteiger partial charge in [-0.25, -0.2) is 0 Å². The Bertz CT molecular complexity index is 1270. The number of rotatable bonds is 7. The molecule has 0 fully saturated rings. The number of furan rings is 1. The lowest BCUT2D eigenvalue weighted by atomic mass is 9.98. The minimum atomic E-state index is -0.475. The lowest BCUT2D eigenvalue weighted by Gasteiger charge is -2.03. The molecule has 32 heavy (non-hydrogen) atoms. The van der Waals surface area contributed by atoms with Crippen LogP contribution in [0.15, 0.2) is 87.7 Å². The number of anilines is 1. The van der Waals surface area contributed by atoms with Crippen LogP contribution in [0.1, 0.15) is 17.4 Å². The van der Waals surface area contributed by atoms with E-state index < -0.39 is 5.91 Å². The van der Waals surface area contributed by atoms with Crippen LogP contribution in [-0.4, -0.2) is 18.2 Å². The molecule has 0 aliphatic rings. The molecule has 0 unspecified atom stereocenters. The van der Waals surface area contributed by atoms with Crippen molar-refractivity contribution in [2.45, 2.75) is 6.92 Å². The molecule has 2 heterocycles. The van der Waals surface area contributed by atoms with Gasteiger partial charge in [0.05, 0.1) is 10.6 Å². The summed E-state index contributed by atoms with van der Waals surface area (Å²) < 4.78 is 5.99. The highest BCUT2D eigenvalue weighted by Gasteiger charge is 2.24. The molecule has 1 amide bonds. The molecule has 0 aliphatic heterocycles. The average molecular weight is 442 g/mol. The number of nitriles is 1. The molecule has 158 valence electrons. The number of nitrogens with zero attached hydrogens (tertiary/aromatic N) is 2. The summed E-state index contributed by atoms with van der Waals surface area (Å²) >= 11 is 1.54. The summed E-state index contributed by atoms with van der Waals surface area (Å²) in [4.78, 5) is 18.6. The molecule has 0 saturated heterocycles. The summed E-state index contributed by atoms with van der Waals surface area (Å²) in [6.45, 7) is 1.50. The second-order valence-corrected chi connectivity index (χ2v) is 7.78. The molecule has 4 aromatic rings. The molecule has 0 radical (unpaired) electrons. The summed E-state index contributed by atoms with van der Waals surface area (Å²) in [7, 11) is 0. The highest BCUT2D eigenvalue weighted by atomic mass is 32.1. The molecule has 2 aromatic heterocycles. The fraction of sp³-hybridized carbons (Fsp3) is 0.0800. The smallest absolute Gasteiger partial charge is 0.267 e. The van der Waals surface area contributed by atoms with E-state index in [1.807, 2.05) is 85.1 Å². The summed E-state index contributed by atoms with van der Waals surface area (Å²) in [6, 6.07) is 24.9. The standard InChI is InChI=1S/C25H19N3O3S/c1-17(21-13-8-14-32-21)28-30-16-22(29)27-25-20(15-26)23(18-9-4-2-5-10-18)24(31-25)19-11-6-3-7-12-19/h2-14H,16H2,1H3,(H,27,29)/b28-17-. The highest BCUT2D eigenvalue weighted by molar-refractivity contribution is 7.12. The maximum Gasteiger partial charge on any atom is 0.267 e. The monoisotopic (exact) mass is 441 g/mol. The Morgan fingerprint density at radius 3 is 2.38 bits per heavy atom. The van der Waals surface area contributed by atoms with E-state index in [0.717, 1.165) is 16.0 Å². The van der Waals surface area contributed by atoms with E-state index in [2.05, 4.69) is 16.5 Å². The fourth-order valence-electron chi connectivity index (χ4n) is 3.18. The van der Waals surface area contributed by atoms with Crippen LogP contribution in [0.4, 0.5) is 5.88 Å². The third-order valence-corrected chi connectivity index (χ3v) is 5.62. The van der Waals surface area contributed by atoms with Gasteiger partial charge in [0.2, 0.25) is 5.88 Å². The van der Waals surface area contributed by atoms with Gasteiger partial charge in [-0.15, -0.1) is 11.3 Å². The maximum absolute atomic E-state index is 12.5. The summed E-state index contributed by atoms with van der Waals surface area (Å²) in [5.41, 5.74) is 3.18. The van der Waals surface area contributed by atoms with Gasteiger partial charge in [-0.05, 0) is 23.9 Å². The first-order valence-corrected chi connectivity index (χ1v) is 10.7. The SMILES string of the molecule is C/C(=N/OCC(=O)Nc1oc(-c2ccccc2)c(-c2ccccc2)c1C#N)c1cccs1. The Morgan fingerprint density at radius 1 is 1.06 bits per heavy atom. The zero-order chi connectivity index (χ0) is 22.3. The van der Waals surface area contributed by atoms with Crippen molar-refractivity contribution in [2.24, 2.45) is 5.16 Å². The van der Waals surface area contributed by atoms with Crippen LogP contribution in [0.3, 0.4) is 0 Å². The van der Waals surface area contributed by atoms with Crippen LogP contribution in [0.5, 0.6) is 0 Å². The number of oxime groups is 1. The van der Waals surface area contributed by atoms with E-state index in [4.69, 9.17) is 9.25 Å². The zero-order valence-corrected chi connectivity index (χ0v) is 18.1. The van der Waals surface area contributed by atoms with E-state index in [-0.39, 0.29) is 18.1 Å². The first-order chi connectivity index (χ1) is 15.7. The predicted molar refractivity (Wildman–Crippen MR) is 125 cm³/mol. The molecule has 6 nitrogen and oxygen atoms in total. The highest BCUT2D eigenvalue weighted by Crippen LogP contribution is 2.41. The molecule has 0 spiro atoms. The number of carbonyl (C=O) groups is 1. The first-order valence-electron chi connectivity index (χ1n) is 9.85. The van der Waals surface area contributed by atoms with Gasteiger partial charge >= 0.3 is 0 Å². The minimum absolute atomic E-state index is 0.0813. The van der Waals surface area contributed by atoms with Crippen molar-refractivity contribution in [3.05, 3.63) is 88.6 Å². The summed E-state index contributed by atoms with van der Waals surface area (Å²) in [5, 5.41) is 18.4. The number of hydrogen-bond donors (Lipinski definition) is 1. The second-order valence-electron chi connectivity index (χ2n) is 6.83. The van der Waals surface area contributed by atoms with Crippen molar-refractivity contribution >= 4 is 28.8 Å². The molecular formula is C25H19N3O3S. The fourth-order valence-corrected chi connectivity index (χ4v) is 3.85. The topological polar surface area (TPSA) is 87.6 Å². The van der Waals surface area contributed by atoms with Crippen LogP contribution in [0, 0.1) is 11.3 Å². The van der Waals surface area contributed by atoms with Gasteiger partial charge in [0, 0.05) is 11.1 Å². The number of carbonyl (C=O) groups excluding carboxylic acids is 1. The number of nitrogens with one attached hydrogen (secondary N) is 1. The summed E-state index contributed by atoms with van der Waals surface area (Å²) in [6.07, 6.45) is 0. The second kappa shape index (κ2) is 9.77. The first kappa shape index (κ1) is 21.1. The van der Waals surface area contributed by atoms with Gasteiger partial charge in [0.1, 0.15) is 17.4 Å². The van der Waals surface area contributed by atoms with Crippen LogP contribution in [-0.2, 0) is 9.63 Å². The van der Waals surface area contributed by atoms with Gasteiger partial charge in [0.25, 0.3) is 5.91 Å². The van der Waals surface area contributed by atoms with Crippen LogP contribution < -0.4 is 5.32 Å². The quantitative estimate of drug-likeness (QED) is 0.285. The van der Waals surface area contributed by atoms with Gasteiger partial charge in [-0.1, -0.05) is 71.9 Å². The molecule has 0 aliphatic carbocycles. The molecule has 7 heteroatoms. The van der Waals surface area contributed by atoms with Gasteiger partial charge in [0.15, 0.2) is 6.61 Å². The number of hydrogen-bond acceptors (Lipinski definition) is 6. The van der Waals surface area contributed by atoms with Crippen molar-refractivity contribution in [1.29, 1.82) is 5.26 Å². The van der Waals surface area contributed by atoms with Crippen LogP contribution in [0.2, 0.25) is 0 Å². The minimum Gasteiger partial charge on any atom is -0.438 e. The van der Waals surface area contributed by atoms with Gasteiger partial charge < -0.3 is 9.25 Å². The van der Waals surface area contributed by atoms with Crippen molar-refractivity contribution < 1.29 is 14.0 Å². The third-order valence-electron chi connectivity index (χ3n) is 4.65. The van der Waals surface area contributed by atoms with E-state index in [1.165, 1.54) is 11.3 Å². The lowest BCUT2D eigenvalue weighted by Crippen LogP contribution is -2.17. The van der Waals surface area contributed by atoms with Crippen molar-refractivity contribution in [3.8, 4) is 28.5 Å². The number of thiophene rings is 1. The lowest BCUT2D eigenvalue weighted by molar-refractivity contribution is -0.120. The van der Waals surface area contributed by atoms with Crippen molar-refractivity contribution in [3.63, 3.8) is 0 Å². The predicted octanol–water partition coefficient (Wildman–Crippen LogP) is 5.93. The average Bonchev–Trinajstić information content (AvgIpc) is 3.48. The molecule has 4 rings (SSSR count).